The second kappa shape index (κ2) is 10.1. The summed E-state index contributed by atoms with van der Waals surface area (Å²) in [4.78, 5) is 29.9. The monoisotopic (exact) mass is 474 g/mol. The Kier molecular flexibility index (Phi) is 7.24. The molecule has 0 saturated carbocycles. The first-order valence-corrected chi connectivity index (χ1v) is 11.8. The fourth-order valence-electron chi connectivity index (χ4n) is 4.55. The van der Waals surface area contributed by atoms with E-state index in [0.29, 0.717) is 75.8 Å². The Morgan fingerprint density at radius 3 is 2.36 bits per heavy atom. The van der Waals surface area contributed by atoms with E-state index in [1.54, 1.807) is 23.0 Å². The van der Waals surface area contributed by atoms with Crippen LogP contribution >= 0.6 is 11.6 Å². The average Bonchev–Trinajstić information content (AvgIpc) is 3.17. The van der Waals surface area contributed by atoms with Gasteiger partial charge >= 0.3 is 0 Å². The molecule has 0 bridgehead atoms. The second-order valence-corrected chi connectivity index (χ2v) is 9.44. The number of aryl methyl sites for hydroxylation is 2. The number of piperidine rings is 1. The maximum atomic E-state index is 13.1. The normalized spacial score (nSPS) is 18.3. The van der Waals surface area contributed by atoms with Gasteiger partial charge in [-0.1, -0.05) is 11.6 Å². The van der Waals surface area contributed by atoms with Crippen molar-refractivity contribution in [1.29, 1.82) is 0 Å². The molecule has 2 saturated heterocycles. The highest BCUT2D eigenvalue weighted by Gasteiger charge is 2.40. The Bertz CT molecular complexity index is 977. The van der Waals surface area contributed by atoms with E-state index in [9.17, 15) is 9.59 Å². The molecule has 2 fully saturated rings. The molecule has 9 heteroatoms. The van der Waals surface area contributed by atoms with Crippen LogP contribution in [0.5, 0.6) is 5.75 Å². The highest BCUT2D eigenvalue weighted by atomic mass is 35.5. The lowest BCUT2D eigenvalue weighted by Gasteiger charge is -2.42. The summed E-state index contributed by atoms with van der Waals surface area (Å²) < 4.78 is 13.2. The lowest BCUT2D eigenvalue weighted by Crippen LogP contribution is -2.49. The summed E-state index contributed by atoms with van der Waals surface area (Å²) in [5.41, 5.74) is 1.02. The minimum atomic E-state index is -0.338. The number of carbonyl (C=O) groups is 2. The van der Waals surface area contributed by atoms with Crippen LogP contribution in [-0.2, 0) is 16.6 Å². The fourth-order valence-corrected chi connectivity index (χ4v) is 4.67. The summed E-state index contributed by atoms with van der Waals surface area (Å²) in [6.07, 6.45) is 3.56. The summed E-state index contributed by atoms with van der Waals surface area (Å²) >= 11 is 5.99. The molecule has 0 unspecified atom stereocenters. The van der Waals surface area contributed by atoms with Crippen molar-refractivity contribution in [3.8, 4) is 5.75 Å². The third-order valence-electron chi connectivity index (χ3n) is 6.60. The van der Waals surface area contributed by atoms with Gasteiger partial charge < -0.3 is 19.3 Å². The molecule has 0 N–H and O–H groups in total. The Hall–Kier alpha value is -2.58. The summed E-state index contributed by atoms with van der Waals surface area (Å²) in [5.74, 6) is 0.843. The summed E-state index contributed by atoms with van der Waals surface area (Å²) in [5, 5.41) is 4.95. The first-order valence-electron chi connectivity index (χ1n) is 11.4. The number of amides is 2. The molecule has 2 aliphatic heterocycles. The number of rotatable bonds is 6. The molecule has 3 heterocycles. The maximum Gasteiger partial charge on any atom is 0.257 e. The van der Waals surface area contributed by atoms with Crippen molar-refractivity contribution >= 4 is 23.4 Å². The molecule has 33 heavy (non-hydrogen) atoms. The highest BCUT2D eigenvalue weighted by molar-refractivity contribution is 6.30. The van der Waals surface area contributed by atoms with Crippen molar-refractivity contribution in [3.63, 3.8) is 0 Å². The van der Waals surface area contributed by atoms with Crippen molar-refractivity contribution < 1.29 is 19.1 Å². The maximum absolute atomic E-state index is 13.1. The van der Waals surface area contributed by atoms with Crippen LogP contribution in [0.25, 0.3) is 0 Å². The van der Waals surface area contributed by atoms with Gasteiger partial charge in [-0.25, -0.2) is 0 Å². The van der Waals surface area contributed by atoms with Crippen LogP contribution in [-0.4, -0.2) is 77.4 Å². The third-order valence-corrected chi connectivity index (χ3v) is 6.86. The number of hydrogen-bond donors (Lipinski definition) is 0. The molecule has 1 aromatic carbocycles. The second-order valence-electron chi connectivity index (χ2n) is 9.01. The van der Waals surface area contributed by atoms with Gasteiger partial charge in [-0.3, -0.25) is 14.3 Å². The first-order chi connectivity index (χ1) is 15.8. The smallest absolute Gasteiger partial charge is 0.257 e. The number of ether oxygens (including phenoxy) is 2. The molecule has 8 nitrogen and oxygen atoms in total. The fraction of sp³-hybridized carbons (Fsp3) is 0.542. The van der Waals surface area contributed by atoms with Crippen LogP contribution < -0.4 is 4.74 Å². The summed E-state index contributed by atoms with van der Waals surface area (Å²) in [6.45, 7) is 5.82. The molecular weight excluding hydrogens is 444 g/mol. The van der Waals surface area contributed by atoms with E-state index in [1.165, 1.54) is 0 Å². The molecule has 2 amide bonds. The summed E-state index contributed by atoms with van der Waals surface area (Å²) in [7, 11) is 1.82. The molecule has 4 rings (SSSR count). The number of aromatic nitrogens is 2. The van der Waals surface area contributed by atoms with Crippen LogP contribution in [0.2, 0.25) is 5.02 Å². The van der Waals surface area contributed by atoms with E-state index in [2.05, 4.69) is 5.10 Å². The van der Waals surface area contributed by atoms with Gasteiger partial charge in [0.05, 0.1) is 31.1 Å². The average molecular weight is 475 g/mol. The third kappa shape index (κ3) is 5.68. The molecule has 0 atom stereocenters. The van der Waals surface area contributed by atoms with Crippen LogP contribution in [0.4, 0.5) is 0 Å². The molecule has 0 aliphatic carbocycles. The van der Waals surface area contributed by atoms with Gasteiger partial charge in [-0.15, -0.1) is 0 Å². The van der Waals surface area contributed by atoms with Crippen molar-refractivity contribution in [2.75, 3.05) is 46.0 Å². The van der Waals surface area contributed by atoms with Crippen molar-refractivity contribution in [2.45, 2.75) is 26.2 Å². The molecule has 2 aliphatic rings. The SMILES string of the molecule is Cc1nn(C)cc1C(=O)N1CCC(COc2ccc(Cl)cc2)(CC(=O)N2CCOCC2)CC1. The Labute approximate surface area is 199 Å². The van der Waals surface area contributed by atoms with Gasteiger partial charge in [0.2, 0.25) is 5.91 Å². The van der Waals surface area contributed by atoms with Crippen LogP contribution in [0.3, 0.4) is 0 Å². The van der Waals surface area contributed by atoms with Gasteiger partial charge in [0.25, 0.3) is 5.91 Å². The molecule has 2 aromatic rings. The minimum absolute atomic E-state index is 0.00711. The first kappa shape index (κ1) is 23.6. The molecular formula is C24H31ClN4O4. The van der Waals surface area contributed by atoms with Crippen molar-refractivity contribution in [1.82, 2.24) is 19.6 Å². The van der Waals surface area contributed by atoms with Crippen LogP contribution in [0.1, 0.15) is 35.3 Å². The predicted octanol–water partition coefficient (Wildman–Crippen LogP) is 2.93. The Morgan fingerprint density at radius 2 is 1.76 bits per heavy atom. The van der Waals surface area contributed by atoms with E-state index >= 15 is 0 Å². The van der Waals surface area contributed by atoms with Gasteiger partial charge in [-0.05, 0) is 44.0 Å². The largest absolute Gasteiger partial charge is 0.493 e. The number of morpholine rings is 1. The predicted molar refractivity (Wildman–Crippen MR) is 124 cm³/mol. The Balaban J connectivity index is 1.45. The molecule has 178 valence electrons. The number of hydrogen-bond acceptors (Lipinski definition) is 5. The number of halogens is 1. The number of carbonyl (C=O) groups excluding carboxylic acids is 2. The standard InChI is InChI=1S/C24H31ClN4O4/c1-18-21(16-27(2)26-18)23(31)29-9-7-24(8-10-29,15-22(30)28-11-13-32-14-12-28)17-33-20-5-3-19(25)4-6-20/h3-6,16H,7-15,17H2,1-2H3. The number of nitrogens with zero attached hydrogens (tertiary/aromatic N) is 4. The molecule has 0 spiro atoms. The van der Waals surface area contributed by atoms with Gasteiger partial charge in [0.1, 0.15) is 5.75 Å². The van der Waals surface area contributed by atoms with Crippen LogP contribution in [0.15, 0.2) is 30.5 Å². The number of benzene rings is 1. The lowest BCUT2D eigenvalue weighted by atomic mass is 9.75. The Morgan fingerprint density at radius 1 is 1.09 bits per heavy atom. The van der Waals surface area contributed by atoms with Gasteiger partial charge in [0.15, 0.2) is 0 Å². The minimum Gasteiger partial charge on any atom is -0.493 e. The zero-order valence-electron chi connectivity index (χ0n) is 19.3. The van der Waals surface area contributed by atoms with E-state index in [-0.39, 0.29) is 17.2 Å². The van der Waals surface area contributed by atoms with Gasteiger partial charge in [0, 0.05) is 56.3 Å². The van der Waals surface area contributed by atoms with E-state index in [4.69, 9.17) is 21.1 Å². The van der Waals surface area contributed by atoms with E-state index in [1.807, 2.05) is 35.9 Å². The van der Waals surface area contributed by atoms with E-state index < -0.39 is 0 Å². The van der Waals surface area contributed by atoms with Crippen molar-refractivity contribution in [2.24, 2.45) is 12.5 Å². The molecule has 0 radical (unpaired) electrons. The van der Waals surface area contributed by atoms with Gasteiger partial charge in [-0.2, -0.15) is 5.10 Å². The highest BCUT2D eigenvalue weighted by Crippen LogP contribution is 2.37. The summed E-state index contributed by atoms with van der Waals surface area (Å²) in [6, 6.07) is 7.26. The zero-order chi connectivity index (χ0) is 23.4. The van der Waals surface area contributed by atoms with E-state index in [0.717, 1.165) is 11.4 Å². The number of likely N-dealkylation sites (tertiary alicyclic amines) is 1. The topological polar surface area (TPSA) is 76.9 Å². The zero-order valence-corrected chi connectivity index (χ0v) is 20.0. The molecule has 1 aromatic heterocycles. The quantitative estimate of drug-likeness (QED) is 0.643. The van der Waals surface area contributed by atoms with Crippen molar-refractivity contribution in [3.05, 3.63) is 46.7 Å². The van der Waals surface area contributed by atoms with Crippen LogP contribution in [0, 0.1) is 12.3 Å². The lowest BCUT2D eigenvalue weighted by molar-refractivity contribution is -0.139.